The highest BCUT2D eigenvalue weighted by Gasteiger charge is 2.08. The Morgan fingerprint density at radius 3 is 2.39 bits per heavy atom. The highest BCUT2D eigenvalue weighted by molar-refractivity contribution is 5.59. The summed E-state index contributed by atoms with van der Waals surface area (Å²) in [7, 11) is 0. The lowest BCUT2D eigenvalue weighted by Gasteiger charge is -2.12. The van der Waals surface area contributed by atoms with Crippen molar-refractivity contribution in [2.45, 2.75) is 20.1 Å². The molecule has 0 saturated carbocycles. The van der Waals surface area contributed by atoms with Gasteiger partial charge in [0.2, 0.25) is 0 Å². The van der Waals surface area contributed by atoms with Crippen LogP contribution < -0.4 is 5.56 Å². The molecule has 3 nitrogen and oxygen atoms in total. The summed E-state index contributed by atoms with van der Waals surface area (Å²) in [6, 6.07) is 9.36. The zero-order valence-electron chi connectivity index (χ0n) is 10.1. The van der Waals surface area contributed by atoms with Gasteiger partial charge in [-0.2, -0.15) is 0 Å². The second-order valence-electron chi connectivity index (χ2n) is 3.96. The zero-order chi connectivity index (χ0) is 13.1. The van der Waals surface area contributed by atoms with Crippen molar-refractivity contribution in [2.24, 2.45) is 0 Å². The SMILES string of the molecule is CCn1c(-c2ccc(F)cc2)ccc(CO)c1=O. The smallest absolute Gasteiger partial charge is 0.256 e. The van der Waals surface area contributed by atoms with E-state index in [2.05, 4.69) is 0 Å². The van der Waals surface area contributed by atoms with Gasteiger partial charge in [0.15, 0.2) is 0 Å². The fourth-order valence-corrected chi connectivity index (χ4v) is 1.93. The van der Waals surface area contributed by atoms with Crippen molar-refractivity contribution in [1.82, 2.24) is 4.57 Å². The first-order valence-corrected chi connectivity index (χ1v) is 5.77. The van der Waals surface area contributed by atoms with E-state index in [1.54, 1.807) is 28.8 Å². The summed E-state index contributed by atoms with van der Waals surface area (Å²) in [5.74, 6) is -0.309. The number of rotatable bonds is 3. The molecular formula is C14H14FNO2. The van der Waals surface area contributed by atoms with Gasteiger partial charge in [0.25, 0.3) is 5.56 Å². The van der Waals surface area contributed by atoms with Gasteiger partial charge in [0.1, 0.15) is 5.82 Å². The Balaban J connectivity index is 2.61. The van der Waals surface area contributed by atoms with E-state index in [0.29, 0.717) is 12.1 Å². The molecule has 1 N–H and O–H groups in total. The van der Waals surface area contributed by atoms with E-state index in [1.165, 1.54) is 12.1 Å². The number of aromatic nitrogens is 1. The molecule has 0 spiro atoms. The molecular weight excluding hydrogens is 233 g/mol. The summed E-state index contributed by atoms with van der Waals surface area (Å²) in [6.07, 6.45) is 0. The Morgan fingerprint density at radius 1 is 1.17 bits per heavy atom. The Hall–Kier alpha value is -1.94. The number of pyridine rings is 1. The summed E-state index contributed by atoms with van der Waals surface area (Å²) in [6.45, 7) is 2.08. The monoisotopic (exact) mass is 247 g/mol. The minimum absolute atomic E-state index is 0.207. The summed E-state index contributed by atoms with van der Waals surface area (Å²) in [5, 5.41) is 9.07. The number of halogens is 1. The van der Waals surface area contributed by atoms with Crippen LogP contribution in [0.25, 0.3) is 11.3 Å². The molecule has 94 valence electrons. The third kappa shape index (κ3) is 2.19. The van der Waals surface area contributed by atoms with Crippen LogP contribution in [0.4, 0.5) is 4.39 Å². The van der Waals surface area contributed by atoms with E-state index < -0.39 is 0 Å². The molecule has 0 atom stereocenters. The average molecular weight is 247 g/mol. The second kappa shape index (κ2) is 5.14. The number of nitrogens with zero attached hydrogens (tertiary/aromatic N) is 1. The van der Waals surface area contributed by atoms with Crippen LogP contribution in [0.5, 0.6) is 0 Å². The molecule has 0 aliphatic heterocycles. The third-order valence-corrected chi connectivity index (χ3v) is 2.88. The second-order valence-corrected chi connectivity index (χ2v) is 3.96. The van der Waals surface area contributed by atoms with Gasteiger partial charge in [-0.15, -0.1) is 0 Å². The Bertz CT molecular complexity index is 602. The Morgan fingerprint density at radius 2 is 1.83 bits per heavy atom. The van der Waals surface area contributed by atoms with Gasteiger partial charge in [-0.25, -0.2) is 4.39 Å². The summed E-state index contributed by atoms with van der Waals surface area (Å²) in [5.41, 5.74) is 1.66. The lowest BCUT2D eigenvalue weighted by molar-refractivity contribution is 0.279. The predicted molar refractivity (Wildman–Crippen MR) is 67.7 cm³/mol. The molecule has 1 aromatic heterocycles. The minimum atomic E-state index is -0.309. The first-order chi connectivity index (χ1) is 8.67. The number of aliphatic hydroxyl groups is 1. The largest absolute Gasteiger partial charge is 0.391 e. The summed E-state index contributed by atoms with van der Waals surface area (Å²) >= 11 is 0. The maximum absolute atomic E-state index is 12.9. The molecule has 1 heterocycles. The van der Waals surface area contributed by atoms with Crippen LogP contribution >= 0.6 is 0 Å². The van der Waals surface area contributed by atoms with Crippen molar-refractivity contribution < 1.29 is 9.50 Å². The van der Waals surface area contributed by atoms with Crippen molar-refractivity contribution in [3.05, 3.63) is 58.1 Å². The standard InChI is InChI=1S/C14H14FNO2/c1-2-16-13(8-5-11(9-17)14(16)18)10-3-6-12(15)7-4-10/h3-8,17H,2,9H2,1H3. The molecule has 0 amide bonds. The van der Waals surface area contributed by atoms with Gasteiger partial charge in [0.05, 0.1) is 12.3 Å². The fourth-order valence-electron chi connectivity index (χ4n) is 1.93. The summed E-state index contributed by atoms with van der Waals surface area (Å²) < 4.78 is 14.4. The molecule has 4 heteroatoms. The number of hydrogen-bond acceptors (Lipinski definition) is 2. The normalized spacial score (nSPS) is 10.6. The molecule has 1 aromatic carbocycles. The van der Waals surface area contributed by atoms with E-state index in [1.807, 2.05) is 6.92 Å². The lowest BCUT2D eigenvalue weighted by Crippen LogP contribution is -2.24. The van der Waals surface area contributed by atoms with Gasteiger partial charge in [0, 0.05) is 12.1 Å². The minimum Gasteiger partial charge on any atom is -0.391 e. The highest BCUT2D eigenvalue weighted by atomic mass is 19.1. The highest BCUT2D eigenvalue weighted by Crippen LogP contribution is 2.18. The Kier molecular flexibility index (Phi) is 3.58. The quantitative estimate of drug-likeness (QED) is 0.903. The molecule has 2 rings (SSSR count). The maximum atomic E-state index is 12.9. The van der Waals surface area contributed by atoms with E-state index in [9.17, 15) is 9.18 Å². The van der Waals surface area contributed by atoms with Gasteiger partial charge >= 0.3 is 0 Å². The van der Waals surface area contributed by atoms with Crippen LogP contribution in [0.1, 0.15) is 12.5 Å². The summed E-state index contributed by atoms with van der Waals surface area (Å²) in [4.78, 5) is 12.0. The fraction of sp³-hybridized carbons (Fsp3) is 0.214. The van der Waals surface area contributed by atoms with Crippen LogP contribution in [0, 0.1) is 5.82 Å². The molecule has 2 aromatic rings. The lowest BCUT2D eigenvalue weighted by atomic mass is 10.1. The van der Waals surface area contributed by atoms with Crippen molar-refractivity contribution in [2.75, 3.05) is 0 Å². The van der Waals surface area contributed by atoms with Crippen molar-refractivity contribution >= 4 is 0 Å². The van der Waals surface area contributed by atoms with E-state index >= 15 is 0 Å². The molecule has 18 heavy (non-hydrogen) atoms. The number of aliphatic hydroxyl groups excluding tert-OH is 1. The zero-order valence-corrected chi connectivity index (χ0v) is 10.1. The molecule has 0 aliphatic carbocycles. The van der Waals surface area contributed by atoms with Crippen LogP contribution in [-0.4, -0.2) is 9.67 Å². The van der Waals surface area contributed by atoms with Crippen molar-refractivity contribution in [3.8, 4) is 11.3 Å². The predicted octanol–water partition coefficient (Wildman–Crippen LogP) is 2.17. The van der Waals surface area contributed by atoms with Gasteiger partial charge in [-0.1, -0.05) is 0 Å². The van der Waals surface area contributed by atoms with Gasteiger partial charge in [-0.3, -0.25) is 4.79 Å². The average Bonchev–Trinajstić information content (AvgIpc) is 2.39. The maximum Gasteiger partial charge on any atom is 0.256 e. The first kappa shape index (κ1) is 12.5. The van der Waals surface area contributed by atoms with Crippen LogP contribution in [0.15, 0.2) is 41.2 Å². The molecule has 0 bridgehead atoms. The molecule has 0 fully saturated rings. The molecule has 0 unspecified atom stereocenters. The number of benzene rings is 1. The third-order valence-electron chi connectivity index (χ3n) is 2.88. The van der Waals surface area contributed by atoms with Gasteiger partial charge in [-0.05, 0) is 48.9 Å². The van der Waals surface area contributed by atoms with E-state index in [0.717, 1.165) is 11.3 Å². The first-order valence-electron chi connectivity index (χ1n) is 5.77. The molecule has 0 radical (unpaired) electrons. The molecule has 0 saturated heterocycles. The molecule has 0 aliphatic rings. The topological polar surface area (TPSA) is 42.2 Å². The van der Waals surface area contributed by atoms with E-state index in [4.69, 9.17) is 5.11 Å². The Labute approximate surface area is 104 Å². The van der Waals surface area contributed by atoms with Gasteiger partial charge < -0.3 is 9.67 Å². The van der Waals surface area contributed by atoms with Crippen molar-refractivity contribution in [3.63, 3.8) is 0 Å². The van der Waals surface area contributed by atoms with Crippen LogP contribution in [-0.2, 0) is 13.2 Å². The van der Waals surface area contributed by atoms with E-state index in [-0.39, 0.29) is 18.0 Å². The van der Waals surface area contributed by atoms with Crippen LogP contribution in [0.2, 0.25) is 0 Å². The number of hydrogen-bond donors (Lipinski definition) is 1. The van der Waals surface area contributed by atoms with Crippen LogP contribution in [0.3, 0.4) is 0 Å². The van der Waals surface area contributed by atoms with Crippen molar-refractivity contribution in [1.29, 1.82) is 0 Å².